The van der Waals surface area contributed by atoms with Crippen LogP contribution in [0.15, 0.2) is 24.3 Å². The van der Waals surface area contributed by atoms with Gasteiger partial charge in [0.05, 0.1) is 18.8 Å². The van der Waals surface area contributed by atoms with Crippen LogP contribution in [0.1, 0.15) is 32.6 Å². The number of anilines is 1. The van der Waals surface area contributed by atoms with E-state index in [1.807, 2.05) is 24.3 Å². The summed E-state index contributed by atoms with van der Waals surface area (Å²) < 4.78 is 5.85. The van der Waals surface area contributed by atoms with Gasteiger partial charge < -0.3 is 15.2 Å². The highest BCUT2D eigenvalue weighted by Gasteiger charge is 2.22. The van der Waals surface area contributed by atoms with Gasteiger partial charge in [-0.3, -0.25) is 0 Å². The third kappa shape index (κ3) is 4.97. The summed E-state index contributed by atoms with van der Waals surface area (Å²) in [5, 5.41) is 13.8. The molecule has 3 nitrogen and oxygen atoms in total. The zero-order valence-electron chi connectivity index (χ0n) is 12.0. The van der Waals surface area contributed by atoms with E-state index in [1.165, 1.54) is 19.3 Å². The van der Waals surface area contributed by atoms with Crippen LogP contribution in [0.3, 0.4) is 0 Å². The smallest absolute Gasteiger partial charge is 0.0945 e. The van der Waals surface area contributed by atoms with E-state index >= 15 is 0 Å². The van der Waals surface area contributed by atoms with Crippen LogP contribution in [-0.4, -0.2) is 30.5 Å². The average molecular weight is 298 g/mol. The molecule has 1 fully saturated rings. The van der Waals surface area contributed by atoms with Crippen LogP contribution in [0.5, 0.6) is 0 Å². The molecule has 0 bridgehead atoms. The highest BCUT2D eigenvalue weighted by Crippen LogP contribution is 2.26. The topological polar surface area (TPSA) is 41.5 Å². The Morgan fingerprint density at radius 1 is 1.40 bits per heavy atom. The molecule has 112 valence electrons. The summed E-state index contributed by atoms with van der Waals surface area (Å²) in [5.41, 5.74) is 0.919. The number of aliphatic hydroxyl groups excluding tert-OH is 1. The first kappa shape index (κ1) is 15.6. The Morgan fingerprint density at radius 2 is 2.20 bits per heavy atom. The van der Waals surface area contributed by atoms with Gasteiger partial charge in [-0.25, -0.2) is 0 Å². The van der Waals surface area contributed by atoms with Gasteiger partial charge in [0.15, 0.2) is 0 Å². The molecule has 1 aliphatic rings. The van der Waals surface area contributed by atoms with E-state index in [0.717, 1.165) is 12.1 Å². The predicted molar refractivity (Wildman–Crippen MR) is 83.3 cm³/mol. The summed E-state index contributed by atoms with van der Waals surface area (Å²) in [6, 6.07) is 7.50. The second-order valence-electron chi connectivity index (χ2n) is 5.68. The Hall–Kier alpha value is -0.770. The molecule has 3 atom stereocenters. The molecule has 0 saturated heterocycles. The maximum absolute atomic E-state index is 9.98. The van der Waals surface area contributed by atoms with Crippen molar-refractivity contribution in [3.05, 3.63) is 29.3 Å². The van der Waals surface area contributed by atoms with Crippen LogP contribution in [0.25, 0.3) is 0 Å². The van der Waals surface area contributed by atoms with Gasteiger partial charge in [-0.1, -0.05) is 37.4 Å². The minimum atomic E-state index is -0.497. The van der Waals surface area contributed by atoms with E-state index in [4.69, 9.17) is 16.3 Å². The van der Waals surface area contributed by atoms with Crippen LogP contribution in [0.2, 0.25) is 5.02 Å². The van der Waals surface area contributed by atoms with E-state index < -0.39 is 6.10 Å². The van der Waals surface area contributed by atoms with E-state index in [9.17, 15) is 5.11 Å². The summed E-state index contributed by atoms with van der Waals surface area (Å²) >= 11 is 5.91. The number of halogens is 1. The van der Waals surface area contributed by atoms with Crippen molar-refractivity contribution in [3.63, 3.8) is 0 Å². The largest absolute Gasteiger partial charge is 0.389 e. The van der Waals surface area contributed by atoms with Crippen molar-refractivity contribution in [1.82, 2.24) is 0 Å². The molecule has 4 heteroatoms. The number of hydrogen-bond acceptors (Lipinski definition) is 3. The standard InChI is InChI=1S/C16H24ClNO2/c1-12-5-2-3-8-16(12)20-11-15(19)10-18-14-7-4-6-13(17)9-14/h4,6-7,9,12,15-16,18-19H,2-3,5,8,10-11H2,1H3. The van der Waals surface area contributed by atoms with Gasteiger partial charge in [-0.15, -0.1) is 0 Å². The Bertz CT molecular complexity index is 413. The van der Waals surface area contributed by atoms with Crippen LogP contribution in [0, 0.1) is 5.92 Å². The first-order chi connectivity index (χ1) is 9.65. The lowest BCUT2D eigenvalue weighted by atomic mass is 9.88. The van der Waals surface area contributed by atoms with Crippen LogP contribution >= 0.6 is 11.6 Å². The van der Waals surface area contributed by atoms with Crippen molar-refractivity contribution in [2.24, 2.45) is 5.92 Å². The summed E-state index contributed by atoms with van der Waals surface area (Å²) in [6.45, 7) is 3.10. The van der Waals surface area contributed by atoms with Crippen molar-refractivity contribution in [3.8, 4) is 0 Å². The maximum atomic E-state index is 9.98. The molecule has 0 amide bonds. The minimum absolute atomic E-state index is 0.310. The molecule has 1 aromatic rings. The summed E-state index contributed by atoms with van der Waals surface area (Å²) in [5.74, 6) is 0.608. The minimum Gasteiger partial charge on any atom is -0.389 e. The number of nitrogens with one attached hydrogen (secondary N) is 1. The van der Waals surface area contributed by atoms with E-state index in [-0.39, 0.29) is 0 Å². The van der Waals surface area contributed by atoms with Crippen molar-refractivity contribution < 1.29 is 9.84 Å². The highest BCUT2D eigenvalue weighted by molar-refractivity contribution is 6.30. The van der Waals surface area contributed by atoms with Gasteiger partial charge in [0.1, 0.15) is 0 Å². The number of ether oxygens (including phenoxy) is 1. The molecule has 20 heavy (non-hydrogen) atoms. The Morgan fingerprint density at radius 3 is 2.95 bits per heavy atom. The number of rotatable bonds is 6. The van der Waals surface area contributed by atoms with Gasteiger partial charge in [0.2, 0.25) is 0 Å². The van der Waals surface area contributed by atoms with Crippen LogP contribution in [-0.2, 0) is 4.74 Å². The lowest BCUT2D eigenvalue weighted by Gasteiger charge is -2.29. The lowest BCUT2D eigenvalue weighted by Crippen LogP contribution is -2.32. The second-order valence-corrected chi connectivity index (χ2v) is 6.12. The van der Waals surface area contributed by atoms with E-state index in [0.29, 0.717) is 30.2 Å². The van der Waals surface area contributed by atoms with E-state index in [2.05, 4.69) is 12.2 Å². The third-order valence-electron chi connectivity index (χ3n) is 3.90. The van der Waals surface area contributed by atoms with Crippen molar-refractivity contribution in [2.75, 3.05) is 18.5 Å². The second kappa shape index (κ2) is 7.87. The Labute approximate surface area is 126 Å². The van der Waals surface area contributed by atoms with Crippen molar-refractivity contribution >= 4 is 17.3 Å². The SMILES string of the molecule is CC1CCCCC1OCC(O)CNc1cccc(Cl)c1. The van der Waals surface area contributed by atoms with Gasteiger partial charge >= 0.3 is 0 Å². The highest BCUT2D eigenvalue weighted by atomic mass is 35.5. The first-order valence-corrected chi connectivity index (χ1v) is 7.82. The van der Waals surface area contributed by atoms with Crippen LogP contribution in [0.4, 0.5) is 5.69 Å². The van der Waals surface area contributed by atoms with Gasteiger partial charge in [-0.05, 0) is 37.0 Å². The molecular weight excluding hydrogens is 274 g/mol. The summed E-state index contributed by atoms with van der Waals surface area (Å²) in [7, 11) is 0. The molecule has 0 aliphatic heterocycles. The fraction of sp³-hybridized carbons (Fsp3) is 0.625. The molecule has 1 aliphatic carbocycles. The monoisotopic (exact) mass is 297 g/mol. The fourth-order valence-electron chi connectivity index (χ4n) is 2.66. The molecule has 0 spiro atoms. The molecular formula is C16H24ClNO2. The normalized spacial score (nSPS) is 24.4. The molecule has 2 N–H and O–H groups in total. The quantitative estimate of drug-likeness (QED) is 0.841. The average Bonchev–Trinajstić information content (AvgIpc) is 2.44. The third-order valence-corrected chi connectivity index (χ3v) is 4.14. The van der Waals surface area contributed by atoms with Crippen molar-refractivity contribution in [2.45, 2.75) is 44.8 Å². The molecule has 2 rings (SSSR count). The Kier molecular flexibility index (Phi) is 6.14. The van der Waals surface area contributed by atoms with Gasteiger partial charge in [0, 0.05) is 17.3 Å². The Balaban J connectivity index is 1.68. The lowest BCUT2D eigenvalue weighted by molar-refractivity contribution is -0.0424. The maximum Gasteiger partial charge on any atom is 0.0945 e. The molecule has 1 aromatic carbocycles. The number of hydrogen-bond donors (Lipinski definition) is 2. The zero-order chi connectivity index (χ0) is 14.4. The number of aliphatic hydroxyl groups is 1. The first-order valence-electron chi connectivity index (χ1n) is 7.44. The van der Waals surface area contributed by atoms with Gasteiger partial charge in [0.25, 0.3) is 0 Å². The molecule has 1 saturated carbocycles. The summed E-state index contributed by atoms with van der Waals surface area (Å²) in [6.07, 6.45) is 4.72. The molecule has 0 radical (unpaired) electrons. The molecule has 0 aromatic heterocycles. The van der Waals surface area contributed by atoms with Gasteiger partial charge in [-0.2, -0.15) is 0 Å². The zero-order valence-corrected chi connectivity index (χ0v) is 12.8. The fourth-order valence-corrected chi connectivity index (χ4v) is 2.85. The predicted octanol–water partition coefficient (Wildman–Crippen LogP) is 3.71. The molecule has 3 unspecified atom stereocenters. The molecule has 0 heterocycles. The number of benzene rings is 1. The summed E-state index contributed by atoms with van der Waals surface area (Å²) in [4.78, 5) is 0. The van der Waals surface area contributed by atoms with E-state index in [1.54, 1.807) is 0 Å². The van der Waals surface area contributed by atoms with Crippen molar-refractivity contribution in [1.29, 1.82) is 0 Å². The van der Waals surface area contributed by atoms with Crippen LogP contribution < -0.4 is 5.32 Å².